The van der Waals surface area contributed by atoms with Gasteiger partial charge in [-0.3, -0.25) is 4.57 Å². The summed E-state index contributed by atoms with van der Waals surface area (Å²) >= 11 is 0. The van der Waals surface area contributed by atoms with E-state index in [0.717, 1.165) is 5.56 Å². The first-order valence-electron chi connectivity index (χ1n) is 7.37. The molecule has 0 saturated carbocycles. The molecule has 0 bridgehead atoms. The van der Waals surface area contributed by atoms with E-state index in [4.69, 9.17) is 9.57 Å². The molecule has 0 aliphatic heterocycles. The van der Waals surface area contributed by atoms with Crippen LogP contribution in [0.2, 0.25) is 0 Å². The summed E-state index contributed by atoms with van der Waals surface area (Å²) < 4.78 is 16.8. The van der Waals surface area contributed by atoms with Gasteiger partial charge in [0.05, 0.1) is 12.8 Å². The molecule has 1 atom stereocenters. The second kappa shape index (κ2) is 8.64. The average Bonchev–Trinajstić information content (AvgIpc) is 2.58. The van der Waals surface area contributed by atoms with Gasteiger partial charge in [-0.2, -0.15) is 0 Å². The molecule has 0 aliphatic carbocycles. The van der Waals surface area contributed by atoms with Crippen molar-refractivity contribution in [1.29, 1.82) is 0 Å². The summed E-state index contributed by atoms with van der Waals surface area (Å²) in [5, 5.41) is 3.79. The van der Waals surface area contributed by atoms with Crippen LogP contribution in [0.3, 0.4) is 0 Å². The van der Waals surface area contributed by atoms with Crippen LogP contribution in [-0.4, -0.2) is 23.1 Å². The van der Waals surface area contributed by atoms with Crippen LogP contribution in [0.4, 0.5) is 0 Å². The van der Waals surface area contributed by atoms with Gasteiger partial charge in [-0.1, -0.05) is 47.6 Å². The fourth-order valence-corrected chi connectivity index (χ4v) is 3.10. The van der Waals surface area contributed by atoms with E-state index in [1.807, 2.05) is 30.3 Å². The number of nitrogens with zero attached hydrogens (tertiary/aromatic N) is 1. The highest BCUT2D eigenvalue weighted by molar-refractivity contribution is 7.52. The standard InChI is InChI=1S/C17H20NO5P/c1-22-16-9-7-15(8-10-16)17(24(19,20)21)11-12-18-23-13-14-5-3-2-4-6-14/h2-10,12,17H,11,13H2,1H3,(H2,19,20,21). The fourth-order valence-electron chi connectivity index (χ4n) is 2.18. The van der Waals surface area contributed by atoms with E-state index in [0.29, 0.717) is 17.9 Å². The van der Waals surface area contributed by atoms with Crippen LogP contribution in [0.5, 0.6) is 5.75 Å². The van der Waals surface area contributed by atoms with Crippen LogP contribution >= 0.6 is 7.60 Å². The van der Waals surface area contributed by atoms with Gasteiger partial charge in [0.1, 0.15) is 12.4 Å². The largest absolute Gasteiger partial charge is 0.497 e. The van der Waals surface area contributed by atoms with Crippen LogP contribution in [-0.2, 0) is 16.0 Å². The third-order valence-electron chi connectivity index (χ3n) is 3.46. The third-order valence-corrected chi connectivity index (χ3v) is 4.78. The van der Waals surface area contributed by atoms with Gasteiger partial charge in [0.25, 0.3) is 0 Å². The smallest absolute Gasteiger partial charge is 0.333 e. The number of ether oxygens (including phenoxy) is 1. The molecule has 2 rings (SSSR count). The van der Waals surface area contributed by atoms with Gasteiger partial charge in [0.2, 0.25) is 0 Å². The Labute approximate surface area is 140 Å². The molecule has 0 amide bonds. The quantitative estimate of drug-likeness (QED) is 0.432. The topological polar surface area (TPSA) is 88.4 Å². The first-order valence-corrected chi connectivity index (χ1v) is 9.05. The molecule has 7 heteroatoms. The number of oxime groups is 1. The Morgan fingerprint density at radius 1 is 1.12 bits per heavy atom. The van der Waals surface area contributed by atoms with Crippen molar-refractivity contribution in [3.63, 3.8) is 0 Å². The second-order valence-electron chi connectivity index (χ2n) is 5.16. The van der Waals surface area contributed by atoms with Gasteiger partial charge in [-0.15, -0.1) is 0 Å². The molecule has 128 valence electrons. The van der Waals surface area contributed by atoms with E-state index in [1.54, 1.807) is 24.3 Å². The zero-order valence-electron chi connectivity index (χ0n) is 13.3. The molecule has 2 aromatic rings. The van der Waals surface area contributed by atoms with Crippen molar-refractivity contribution < 1.29 is 23.9 Å². The molecule has 0 fully saturated rings. The molecule has 2 aromatic carbocycles. The van der Waals surface area contributed by atoms with Crippen LogP contribution in [0.15, 0.2) is 59.8 Å². The van der Waals surface area contributed by atoms with Crippen molar-refractivity contribution in [2.24, 2.45) is 5.16 Å². The minimum Gasteiger partial charge on any atom is -0.497 e. The van der Waals surface area contributed by atoms with Crippen molar-refractivity contribution in [3.05, 3.63) is 65.7 Å². The molecule has 0 saturated heterocycles. The summed E-state index contributed by atoms with van der Waals surface area (Å²) in [6.07, 6.45) is 1.46. The van der Waals surface area contributed by atoms with Gasteiger partial charge in [0.15, 0.2) is 0 Å². The number of methoxy groups -OCH3 is 1. The Kier molecular flexibility index (Phi) is 6.55. The monoisotopic (exact) mass is 349 g/mol. The highest BCUT2D eigenvalue weighted by Crippen LogP contribution is 2.53. The third kappa shape index (κ3) is 5.49. The van der Waals surface area contributed by atoms with Crippen molar-refractivity contribution in [2.75, 3.05) is 7.11 Å². The van der Waals surface area contributed by atoms with E-state index in [1.165, 1.54) is 13.3 Å². The predicted octanol–water partition coefficient (Wildman–Crippen LogP) is 3.51. The Bertz CT molecular complexity index is 697. The molecule has 0 heterocycles. The zero-order valence-corrected chi connectivity index (χ0v) is 14.2. The lowest BCUT2D eigenvalue weighted by molar-refractivity contribution is 0.131. The lowest BCUT2D eigenvalue weighted by Crippen LogP contribution is -2.01. The normalized spacial score (nSPS) is 13.0. The Hall–Kier alpha value is -2.14. The van der Waals surface area contributed by atoms with Gasteiger partial charge < -0.3 is 19.4 Å². The fraction of sp³-hybridized carbons (Fsp3) is 0.235. The van der Waals surface area contributed by atoms with Crippen molar-refractivity contribution in [3.8, 4) is 5.75 Å². The van der Waals surface area contributed by atoms with Crippen LogP contribution in [0.25, 0.3) is 0 Å². The summed E-state index contributed by atoms with van der Waals surface area (Å²) in [6.45, 7) is 0.306. The molecule has 0 aromatic heterocycles. The van der Waals surface area contributed by atoms with Gasteiger partial charge in [-0.05, 0) is 23.3 Å². The maximum absolute atomic E-state index is 11.7. The molecule has 1 unspecified atom stereocenters. The molecule has 2 N–H and O–H groups in total. The molecular weight excluding hydrogens is 329 g/mol. The van der Waals surface area contributed by atoms with Crippen molar-refractivity contribution >= 4 is 13.8 Å². The molecule has 24 heavy (non-hydrogen) atoms. The Morgan fingerprint density at radius 2 is 1.79 bits per heavy atom. The van der Waals surface area contributed by atoms with E-state index < -0.39 is 13.3 Å². The number of benzene rings is 2. The lowest BCUT2D eigenvalue weighted by atomic mass is 10.1. The summed E-state index contributed by atoms with van der Waals surface area (Å²) in [5.41, 5.74) is 0.530. The summed E-state index contributed by atoms with van der Waals surface area (Å²) in [7, 11) is -2.78. The zero-order chi connectivity index (χ0) is 17.4. The maximum atomic E-state index is 11.7. The van der Waals surface area contributed by atoms with E-state index in [-0.39, 0.29) is 6.42 Å². The Balaban J connectivity index is 1.96. The first kappa shape index (κ1) is 18.2. The van der Waals surface area contributed by atoms with Gasteiger partial charge >= 0.3 is 7.60 Å². The van der Waals surface area contributed by atoms with Crippen molar-refractivity contribution in [2.45, 2.75) is 18.7 Å². The molecule has 0 aliphatic rings. The van der Waals surface area contributed by atoms with E-state index in [9.17, 15) is 14.4 Å². The van der Waals surface area contributed by atoms with Crippen molar-refractivity contribution in [1.82, 2.24) is 0 Å². The van der Waals surface area contributed by atoms with Crippen LogP contribution in [0.1, 0.15) is 23.2 Å². The van der Waals surface area contributed by atoms with E-state index in [2.05, 4.69) is 5.16 Å². The Morgan fingerprint density at radius 3 is 2.38 bits per heavy atom. The number of rotatable bonds is 8. The minimum atomic E-state index is -4.32. The number of hydrogen-bond donors (Lipinski definition) is 2. The average molecular weight is 349 g/mol. The summed E-state index contributed by atoms with van der Waals surface area (Å²) in [5.74, 6) is 0.628. The lowest BCUT2D eigenvalue weighted by Gasteiger charge is -2.17. The van der Waals surface area contributed by atoms with Gasteiger partial charge in [-0.25, -0.2) is 0 Å². The first-order chi connectivity index (χ1) is 11.5. The van der Waals surface area contributed by atoms with Crippen LogP contribution in [0, 0.1) is 0 Å². The highest BCUT2D eigenvalue weighted by atomic mass is 31.2. The maximum Gasteiger partial charge on any atom is 0.333 e. The molecule has 0 spiro atoms. The number of hydrogen-bond acceptors (Lipinski definition) is 4. The summed E-state index contributed by atoms with van der Waals surface area (Å²) in [6, 6.07) is 16.1. The SMILES string of the molecule is COc1ccc(C(CC=NOCc2ccccc2)P(=O)(O)O)cc1. The molecular formula is C17H20NO5P. The minimum absolute atomic E-state index is 0.0748. The summed E-state index contributed by atoms with van der Waals surface area (Å²) in [4.78, 5) is 24.3. The highest BCUT2D eigenvalue weighted by Gasteiger charge is 2.29. The van der Waals surface area contributed by atoms with Gasteiger partial charge in [0, 0.05) is 12.6 Å². The second-order valence-corrected chi connectivity index (χ2v) is 6.96. The van der Waals surface area contributed by atoms with E-state index >= 15 is 0 Å². The molecule has 6 nitrogen and oxygen atoms in total. The molecule has 0 radical (unpaired) electrons. The predicted molar refractivity (Wildman–Crippen MR) is 92.1 cm³/mol. The van der Waals surface area contributed by atoms with Crippen LogP contribution < -0.4 is 4.74 Å².